The van der Waals surface area contributed by atoms with Crippen LogP contribution in [0.1, 0.15) is 18.7 Å². The summed E-state index contributed by atoms with van der Waals surface area (Å²) in [6.45, 7) is 1.41. The summed E-state index contributed by atoms with van der Waals surface area (Å²) >= 11 is 0. The summed E-state index contributed by atoms with van der Waals surface area (Å²) < 4.78 is 6.59. The Morgan fingerprint density at radius 2 is 2.11 bits per heavy atom. The number of aromatic amines is 1. The number of hydrogen-bond donors (Lipinski definition) is 3. The van der Waals surface area contributed by atoms with Crippen LogP contribution in [-0.2, 0) is 11.2 Å². The average molecular weight is 256 g/mol. The molecule has 18 heavy (non-hydrogen) atoms. The molecule has 7 heteroatoms. The second-order valence-corrected chi connectivity index (χ2v) is 4.27. The summed E-state index contributed by atoms with van der Waals surface area (Å²) in [4.78, 5) is 25.3. The highest BCUT2D eigenvalue weighted by atomic mass is 16.6. The minimum atomic E-state index is -0.637. The molecule has 0 spiro atoms. The number of H-pyrrole nitrogens is 1. The Hall–Kier alpha value is -1.44. The Kier molecular flexibility index (Phi) is 3.65. The fraction of sp³-hybridized carbons (Fsp3) is 0.636. The number of rotatable bonds is 4. The molecule has 0 unspecified atom stereocenters. The van der Waals surface area contributed by atoms with Crippen molar-refractivity contribution in [1.82, 2.24) is 9.55 Å². The van der Waals surface area contributed by atoms with E-state index in [1.54, 1.807) is 6.92 Å². The molecule has 0 saturated carbocycles. The highest BCUT2D eigenvalue weighted by Gasteiger charge is 2.43. The first-order valence-corrected chi connectivity index (χ1v) is 5.83. The van der Waals surface area contributed by atoms with Crippen molar-refractivity contribution in [3.63, 3.8) is 0 Å². The number of nitrogens with zero attached hydrogens (tertiary/aromatic N) is 1. The van der Waals surface area contributed by atoms with Crippen LogP contribution < -0.4 is 11.2 Å². The largest absolute Gasteiger partial charge is 0.396 e. The van der Waals surface area contributed by atoms with E-state index in [0.717, 1.165) is 0 Å². The summed E-state index contributed by atoms with van der Waals surface area (Å²) in [7, 11) is 0. The molecule has 1 saturated heterocycles. The zero-order valence-corrected chi connectivity index (χ0v) is 10.00. The first-order chi connectivity index (χ1) is 8.62. The van der Waals surface area contributed by atoms with Gasteiger partial charge in [-0.1, -0.05) is 6.92 Å². The molecule has 100 valence electrons. The maximum Gasteiger partial charge on any atom is 0.330 e. The van der Waals surface area contributed by atoms with Crippen LogP contribution in [-0.4, -0.2) is 39.1 Å². The number of ether oxygens (including phenoxy) is 1. The van der Waals surface area contributed by atoms with Crippen LogP contribution in [0.2, 0.25) is 0 Å². The molecule has 1 aromatic heterocycles. The summed E-state index contributed by atoms with van der Waals surface area (Å²) in [6, 6.07) is 0. The van der Waals surface area contributed by atoms with Gasteiger partial charge in [-0.2, -0.15) is 0 Å². The molecule has 3 atom stereocenters. The lowest BCUT2D eigenvalue weighted by molar-refractivity contribution is -0.246. The number of aliphatic hydroxyl groups excluding tert-OH is 2. The number of hydrogen-bond acceptors (Lipinski definition) is 5. The molecule has 1 aromatic rings. The normalized spacial score (nSPS) is 26.9. The third kappa shape index (κ3) is 2.00. The van der Waals surface area contributed by atoms with E-state index in [1.165, 1.54) is 10.8 Å². The second-order valence-electron chi connectivity index (χ2n) is 4.27. The van der Waals surface area contributed by atoms with E-state index in [9.17, 15) is 14.7 Å². The molecular formula is C11H16N2O5. The SMILES string of the molecule is CCc1cn([C@@H]2O[C@H](CO)[C@H]2CO)c(=O)[nH]c1=O. The van der Waals surface area contributed by atoms with Crippen LogP contribution in [0.3, 0.4) is 0 Å². The van der Waals surface area contributed by atoms with Gasteiger partial charge < -0.3 is 14.9 Å². The average Bonchev–Trinajstić information content (AvgIpc) is 2.31. The lowest BCUT2D eigenvalue weighted by Gasteiger charge is -2.43. The first kappa shape index (κ1) is 13.0. The van der Waals surface area contributed by atoms with Gasteiger partial charge >= 0.3 is 5.69 Å². The third-order valence-electron chi connectivity index (χ3n) is 3.25. The van der Waals surface area contributed by atoms with Crippen molar-refractivity contribution in [2.24, 2.45) is 5.92 Å². The Bertz CT molecular complexity index is 535. The second kappa shape index (κ2) is 5.05. The molecule has 7 nitrogen and oxygen atoms in total. The molecule has 2 rings (SSSR count). The molecule has 1 fully saturated rings. The van der Waals surface area contributed by atoms with Gasteiger partial charge in [0.25, 0.3) is 5.56 Å². The Morgan fingerprint density at radius 1 is 1.39 bits per heavy atom. The maximum absolute atomic E-state index is 11.7. The lowest BCUT2D eigenvalue weighted by atomic mass is 9.95. The minimum absolute atomic E-state index is 0.192. The van der Waals surface area contributed by atoms with Crippen LogP contribution in [0, 0.1) is 5.92 Å². The van der Waals surface area contributed by atoms with Crippen LogP contribution in [0.25, 0.3) is 0 Å². The smallest absolute Gasteiger partial charge is 0.330 e. The Labute approximate surface area is 103 Å². The van der Waals surface area contributed by atoms with Crippen molar-refractivity contribution in [2.45, 2.75) is 25.7 Å². The fourth-order valence-corrected chi connectivity index (χ4v) is 2.10. The quantitative estimate of drug-likeness (QED) is 0.614. The summed E-state index contributed by atoms with van der Waals surface area (Å²) in [6.07, 6.45) is 0.836. The van der Waals surface area contributed by atoms with Gasteiger partial charge in [-0.15, -0.1) is 0 Å². The van der Waals surface area contributed by atoms with Crippen molar-refractivity contribution in [1.29, 1.82) is 0 Å². The van der Waals surface area contributed by atoms with Gasteiger partial charge in [0, 0.05) is 11.8 Å². The van der Waals surface area contributed by atoms with Gasteiger partial charge in [0.15, 0.2) is 0 Å². The van der Waals surface area contributed by atoms with E-state index in [-0.39, 0.29) is 19.1 Å². The van der Waals surface area contributed by atoms with Gasteiger partial charge in [0.2, 0.25) is 0 Å². The predicted octanol–water partition coefficient (Wildman–Crippen LogP) is -1.40. The van der Waals surface area contributed by atoms with Crippen molar-refractivity contribution in [2.75, 3.05) is 13.2 Å². The van der Waals surface area contributed by atoms with E-state index >= 15 is 0 Å². The van der Waals surface area contributed by atoms with Crippen molar-refractivity contribution < 1.29 is 14.9 Å². The molecule has 3 N–H and O–H groups in total. The molecule has 0 bridgehead atoms. The summed E-state index contributed by atoms with van der Waals surface area (Å²) in [5.74, 6) is -0.344. The van der Waals surface area contributed by atoms with E-state index in [0.29, 0.717) is 12.0 Å². The first-order valence-electron chi connectivity index (χ1n) is 5.83. The van der Waals surface area contributed by atoms with Crippen LogP contribution >= 0.6 is 0 Å². The standard InChI is InChI=1S/C11H16N2O5/c1-2-6-3-13(11(17)12-9(6)16)10-7(4-14)8(5-15)18-10/h3,7-8,10,14-15H,2,4-5H2,1H3,(H,12,16,17)/t7-,8-,10-/m1/s1. The molecule has 0 aromatic carbocycles. The van der Waals surface area contributed by atoms with Gasteiger partial charge in [-0.3, -0.25) is 14.3 Å². The molecule has 1 aliphatic heterocycles. The highest BCUT2D eigenvalue weighted by molar-refractivity contribution is 5.05. The Morgan fingerprint density at radius 3 is 2.67 bits per heavy atom. The van der Waals surface area contributed by atoms with Gasteiger partial charge in [-0.25, -0.2) is 4.79 Å². The molecule has 0 radical (unpaired) electrons. The number of aryl methyl sites for hydroxylation is 1. The van der Waals surface area contributed by atoms with Gasteiger partial charge in [0.05, 0.1) is 25.2 Å². The monoisotopic (exact) mass is 256 g/mol. The van der Waals surface area contributed by atoms with Gasteiger partial charge in [-0.05, 0) is 6.42 Å². The highest BCUT2D eigenvalue weighted by Crippen LogP contribution is 2.35. The van der Waals surface area contributed by atoms with Crippen molar-refractivity contribution >= 4 is 0 Å². The van der Waals surface area contributed by atoms with E-state index in [4.69, 9.17) is 9.84 Å². The number of aromatic nitrogens is 2. The summed E-state index contributed by atoms with van der Waals surface area (Å²) in [5, 5.41) is 18.2. The molecule has 0 aliphatic carbocycles. The fourth-order valence-electron chi connectivity index (χ4n) is 2.10. The van der Waals surface area contributed by atoms with Gasteiger partial charge in [0.1, 0.15) is 6.23 Å². The van der Waals surface area contributed by atoms with Crippen molar-refractivity contribution in [3.05, 3.63) is 32.6 Å². The molecule has 1 aliphatic rings. The minimum Gasteiger partial charge on any atom is -0.396 e. The predicted molar refractivity (Wildman–Crippen MR) is 62.3 cm³/mol. The van der Waals surface area contributed by atoms with Crippen molar-refractivity contribution in [3.8, 4) is 0 Å². The van der Waals surface area contributed by atoms with E-state index in [1.807, 2.05) is 0 Å². The zero-order chi connectivity index (χ0) is 13.3. The maximum atomic E-state index is 11.7. The van der Waals surface area contributed by atoms with Crippen LogP contribution in [0.4, 0.5) is 0 Å². The molecular weight excluding hydrogens is 240 g/mol. The van der Waals surface area contributed by atoms with Crippen LogP contribution in [0.15, 0.2) is 15.8 Å². The Balaban J connectivity index is 2.35. The topological polar surface area (TPSA) is 105 Å². The number of aliphatic hydroxyl groups is 2. The van der Waals surface area contributed by atoms with Crippen LogP contribution in [0.5, 0.6) is 0 Å². The number of nitrogens with one attached hydrogen (secondary N) is 1. The lowest BCUT2D eigenvalue weighted by Crippen LogP contribution is -2.52. The van der Waals surface area contributed by atoms with E-state index in [2.05, 4.69) is 4.98 Å². The third-order valence-corrected chi connectivity index (χ3v) is 3.25. The summed E-state index contributed by atoms with van der Waals surface area (Å²) in [5.41, 5.74) is -0.503. The molecule has 2 heterocycles. The van der Waals surface area contributed by atoms with E-state index < -0.39 is 23.6 Å². The molecule has 0 amide bonds. The zero-order valence-electron chi connectivity index (χ0n) is 10.00.